The molecule has 39 heavy (non-hydrogen) atoms. The molecular formula is C33H52N2O4. The number of carbonyl (C=O) groups is 3. The maximum atomic E-state index is 12.2. The fourth-order valence-corrected chi connectivity index (χ4v) is 6.58. The fraction of sp³-hybridized carbons (Fsp3) is 0.667. The summed E-state index contributed by atoms with van der Waals surface area (Å²) in [5, 5.41) is 5.95. The van der Waals surface area contributed by atoms with Gasteiger partial charge in [0.15, 0.2) is 5.78 Å². The Kier molecular flexibility index (Phi) is 12.9. The second-order valence-corrected chi connectivity index (χ2v) is 10.9. The van der Waals surface area contributed by atoms with Crippen LogP contribution in [0.25, 0.3) is 0 Å². The minimum absolute atomic E-state index is 0.0974. The molecule has 2 N–H and O–H groups in total. The standard InChI is InChI=1S/C16H25NO2.C13H15NO2.2C2H6/c1-4-10(2)16(19)17-15(11(3)18)14-8-12-6-5-7-13(12)9-14;1-9-2-3-10-11(8-9)14-12(15)13(10)4-6-16-7-5-13;2*1-2/h4,12-15H,5-9H2,1-3H3,(H,17,19);2-3,8H,4-7H2,1H3,(H,14,15);2*1-2H3/b10-4+;;;. The van der Waals surface area contributed by atoms with Gasteiger partial charge in [-0.15, -0.1) is 0 Å². The number of amides is 2. The fourth-order valence-electron chi connectivity index (χ4n) is 6.58. The first kappa shape index (κ1) is 32.7. The van der Waals surface area contributed by atoms with Crippen LogP contribution in [-0.2, 0) is 24.5 Å². The molecule has 1 saturated heterocycles. The molecule has 2 saturated carbocycles. The number of nitrogens with one attached hydrogen (secondary N) is 2. The van der Waals surface area contributed by atoms with Crippen molar-refractivity contribution in [1.29, 1.82) is 0 Å². The summed E-state index contributed by atoms with van der Waals surface area (Å²) in [7, 11) is 0. The number of Topliss-reactive ketones (excluding diaryl/α,β-unsaturated/α-hetero) is 1. The van der Waals surface area contributed by atoms with Crippen LogP contribution in [0.15, 0.2) is 29.8 Å². The smallest absolute Gasteiger partial charge is 0.247 e. The van der Waals surface area contributed by atoms with E-state index in [-0.39, 0.29) is 29.1 Å². The zero-order chi connectivity index (χ0) is 29.2. The maximum Gasteiger partial charge on any atom is 0.247 e. The number of rotatable bonds is 4. The molecule has 0 aromatic heterocycles. The molecule has 0 radical (unpaired) electrons. The highest BCUT2D eigenvalue weighted by Crippen LogP contribution is 2.48. The van der Waals surface area contributed by atoms with Crippen molar-refractivity contribution in [3.05, 3.63) is 41.0 Å². The molecule has 4 aliphatic rings. The van der Waals surface area contributed by atoms with Crippen molar-refractivity contribution in [2.24, 2.45) is 17.8 Å². The molecule has 1 aromatic rings. The predicted octanol–water partition coefficient (Wildman–Crippen LogP) is 6.90. The maximum absolute atomic E-state index is 12.2. The molecule has 0 bridgehead atoms. The largest absolute Gasteiger partial charge is 0.381 e. The monoisotopic (exact) mass is 540 g/mol. The minimum atomic E-state index is -0.318. The Bertz CT molecular complexity index is 997. The van der Waals surface area contributed by atoms with Gasteiger partial charge in [0.2, 0.25) is 11.8 Å². The first-order valence-corrected chi connectivity index (χ1v) is 15.2. The van der Waals surface area contributed by atoms with E-state index in [0.717, 1.165) is 48.8 Å². The number of allylic oxidation sites excluding steroid dienone is 1. The van der Waals surface area contributed by atoms with Gasteiger partial charge in [-0.3, -0.25) is 14.4 Å². The molecule has 3 atom stereocenters. The van der Waals surface area contributed by atoms with Gasteiger partial charge in [0.25, 0.3) is 0 Å². The van der Waals surface area contributed by atoms with Crippen molar-refractivity contribution in [2.45, 2.75) is 112 Å². The van der Waals surface area contributed by atoms with Crippen LogP contribution in [0.4, 0.5) is 5.69 Å². The number of benzene rings is 1. The van der Waals surface area contributed by atoms with Crippen molar-refractivity contribution in [2.75, 3.05) is 18.5 Å². The summed E-state index contributed by atoms with van der Waals surface area (Å²) in [6, 6.07) is 5.94. The van der Waals surface area contributed by atoms with E-state index in [1.165, 1.54) is 24.8 Å². The summed E-state index contributed by atoms with van der Waals surface area (Å²) in [4.78, 5) is 36.0. The van der Waals surface area contributed by atoms with Crippen LogP contribution in [0.1, 0.15) is 105 Å². The van der Waals surface area contributed by atoms with E-state index in [2.05, 4.69) is 28.8 Å². The number of aryl methyl sites for hydroxylation is 1. The van der Waals surface area contributed by atoms with E-state index in [9.17, 15) is 14.4 Å². The topological polar surface area (TPSA) is 84.5 Å². The van der Waals surface area contributed by atoms with Crippen LogP contribution in [0.5, 0.6) is 0 Å². The first-order chi connectivity index (χ1) is 18.7. The highest BCUT2D eigenvalue weighted by Gasteiger charge is 2.47. The highest BCUT2D eigenvalue weighted by atomic mass is 16.5. The normalized spacial score (nSPS) is 24.9. The van der Waals surface area contributed by atoms with Crippen molar-refractivity contribution < 1.29 is 19.1 Å². The summed E-state index contributed by atoms with van der Waals surface area (Å²) in [6.45, 7) is 16.6. The van der Waals surface area contributed by atoms with E-state index in [0.29, 0.717) is 24.7 Å². The first-order valence-electron chi connectivity index (χ1n) is 15.2. The molecule has 3 unspecified atom stereocenters. The molecule has 6 heteroatoms. The van der Waals surface area contributed by atoms with E-state index >= 15 is 0 Å². The third-order valence-corrected chi connectivity index (χ3v) is 8.73. The third kappa shape index (κ3) is 7.59. The number of ether oxygens (including phenoxy) is 1. The summed E-state index contributed by atoms with van der Waals surface area (Å²) in [6.07, 6.45) is 9.59. The van der Waals surface area contributed by atoms with Gasteiger partial charge in [-0.2, -0.15) is 0 Å². The summed E-state index contributed by atoms with van der Waals surface area (Å²) < 4.78 is 5.36. The molecule has 2 aliphatic heterocycles. The van der Waals surface area contributed by atoms with Gasteiger partial charge >= 0.3 is 0 Å². The van der Waals surface area contributed by atoms with E-state index in [1.807, 2.05) is 41.5 Å². The van der Waals surface area contributed by atoms with E-state index < -0.39 is 0 Å². The van der Waals surface area contributed by atoms with Crippen LogP contribution in [0, 0.1) is 24.7 Å². The van der Waals surface area contributed by atoms with Crippen LogP contribution in [0.2, 0.25) is 0 Å². The van der Waals surface area contributed by atoms with Crippen LogP contribution >= 0.6 is 0 Å². The Labute approximate surface area is 236 Å². The third-order valence-electron chi connectivity index (χ3n) is 8.73. The number of hydrogen-bond acceptors (Lipinski definition) is 4. The highest BCUT2D eigenvalue weighted by molar-refractivity contribution is 6.06. The van der Waals surface area contributed by atoms with Gasteiger partial charge in [-0.25, -0.2) is 0 Å². The Morgan fingerprint density at radius 2 is 1.64 bits per heavy atom. The number of hydrogen-bond donors (Lipinski definition) is 2. The lowest BCUT2D eigenvalue weighted by Gasteiger charge is -2.31. The van der Waals surface area contributed by atoms with Gasteiger partial charge < -0.3 is 15.4 Å². The number of carbonyl (C=O) groups excluding carboxylic acids is 3. The average molecular weight is 541 g/mol. The molecule has 1 aromatic carbocycles. The lowest BCUT2D eigenvalue weighted by atomic mass is 9.75. The second-order valence-electron chi connectivity index (χ2n) is 10.9. The summed E-state index contributed by atoms with van der Waals surface area (Å²) >= 11 is 0. The molecule has 2 amide bonds. The predicted molar refractivity (Wildman–Crippen MR) is 160 cm³/mol. The molecule has 5 rings (SSSR count). The van der Waals surface area contributed by atoms with Gasteiger partial charge in [0.05, 0.1) is 11.5 Å². The SMILES string of the molecule is C/C=C(\C)C(=O)NC(C(C)=O)C1CC2CCCC2C1.CC.CC.Cc1ccc2c(c1)NC(=O)C21CCOCC1. The molecule has 218 valence electrons. The van der Waals surface area contributed by atoms with E-state index in [4.69, 9.17) is 4.74 Å². The molecule has 2 aliphatic carbocycles. The van der Waals surface area contributed by atoms with Crippen molar-refractivity contribution in [1.82, 2.24) is 5.32 Å². The number of anilines is 1. The minimum Gasteiger partial charge on any atom is -0.381 e. The quantitative estimate of drug-likeness (QED) is 0.407. The van der Waals surface area contributed by atoms with Crippen LogP contribution in [0.3, 0.4) is 0 Å². The van der Waals surface area contributed by atoms with E-state index in [1.54, 1.807) is 19.9 Å². The van der Waals surface area contributed by atoms with Gasteiger partial charge in [0, 0.05) is 24.5 Å². The molecule has 1 spiro atoms. The molecule has 3 fully saturated rings. The Morgan fingerprint density at radius 3 is 2.18 bits per heavy atom. The van der Waals surface area contributed by atoms with Gasteiger partial charge in [-0.05, 0) is 88.3 Å². The number of fused-ring (bicyclic) bond motifs is 3. The lowest BCUT2D eigenvalue weighted by Crippen LogP contribution is -2.44. The van der Waals surface area contributed by atoms with Crippen LogP contribution < -0.4 is 10.6 Å². The van der Waals surface area contributed by atoms with Crippen molar-refractivity contribution in [3.63, 3.8) is 0 Å². The summed E-state index contributed by atoms with van der Waals surface area (Å²) in [5.74, 6) is 2.10. The second kappa shape index (κ2) is 15.4. The lowest BCUT2D eigenvalue weighted by molar-refractivity contribution is -0.126. The Balaban J connectivity index is 0.000000245. The van der Waals surface area contributed by atoms with Crippen LogP contribution in [-0.4, -0.2) is 36.9 Å². The average Bonchev–Trinajstić information content (AvgIpc) is 3.62. The molecule has 2 heterocycles. The Hall–Kier alpha value is -2.47. The molecule has 6 nitrogen and oxygen atoms in total. The van der Waals surface area contributed by atoms with Crippen molar-refractivity contribution >= 4 is 23.3 Å². The van der Waals surface area contributed by atoms with Gasteiger partial charge in [-0.1, -0.05) is 65.2 Å². The Morgan fingerprint density at radius 1 is 1.05 bits per heavy atom. The zero-order valence-corrected chi connectivity index (χ0v) is 25.6. The molecular weight excluding hydrogens is 488 g/mol. The zero-order valence-electron chi connectivity index (χ0n) is 25.6. The summed E-state index contributed by atoms with van der Waals surface area (Å²) in [5.41, 5.74) is 3.70. The van der Waals surface area contributed by atoms with Gasteiger partial charge in [0.1, 0.15) is 0 Å². The number of ketones is 1. The van der Waals surface area contributed by atoms with Crippen molar-refractivity contribution in [3.8, 4) is 0 Å².